The lowest BCUT2D eigenvalue weighted by Crippen LogP contribution is -2.38. The van der Waals surface area contributed by atoms with Crippen LogP contribution in [0.4, 0.5) is 5.69 Å². The van der Waals surface area contributed by atoms with Gasteiger partial charge in [-0.25, -0.2) is 0 Å². The monoisotopic (exact) mass is 270 g/mol. The van der Waals surface area contributed by atoms with Crippen molar-refractivity contribution in [2.45, 2.75) is 32.4 Å². The number of carbonyl (C=O) groups excluding carboxylic acids is 1. The molecule has 1 rings (SSSR count). The molecule has 0 aliphatic heterocycles. The van der Waals surface area contributed by atoms with Crippen LogP contribution >= 0.6 is 0 Å². The summed E-state index contributed by atoms with van der Waals surface area (Å²) in [6.45, 7) is 1.57. The van der Waals surface area contributed by atoms with Crippen molar-refractivity contribution in [1.82, 2.24) is 15.1 Å². The van der Waals surface area contributed by atoms with Gasteiger partial charge >= 0.3 is 11.7 Å². The number of hydrogen-bond acceptors (Lipinski definition) is 5. The second kappa shape index (κ2) is 6.47. The summed E-state index contributed by atoms with van der Waals surface area (Å²) in [5, 5.41) is 25.3. The van der Waals surface area contributed by atoms with E-state index < -0.39 is 22.8 Å². The molecule has 9 nitrogen and oxygen atoms in total. The van der Waals surface area contributed by atoms with Crippen LogP contribution in [-0.2, 0) is 16.1 Å². The van der Waals surface area contributed by atoms with E-state index in [4.69, 9.17) is 5.11 Å². The highest BCUT2D eigenvalue weighted by Gasteiger charge is 2.15. The molecular formula is C10H14N4O5. The number of amides is 1. The van der Waals surface area contributed by atoms with Crippen LogP contribution in [-0.4, -0.2) is 37.7 Å². The molecule has 1 unspecified atom stereocenters. The Morgan fingerprint density at radius 2 is 2.32 bits per heavy atom. The summed E-state index contributed by atoms with van der Waals surface area (Å²) < 4.78 is 1.13. The van der Waals surface area contributed by atoms with Crippen LogP contribution in [0.2, 0.25) is 0 Å². The van der Waals surface area contributed by atoms with Crippen LogP contribution in [0.1, 0.15) is 19.8 Å². The number of nitro groups is 1. The predicted octanol–water partition coefficient (Wildman–Crippen LogP) is 0.161. The summed E-state index contributed by atoms with van der Waals surface area (Å²) in [5.41, 5.74) is -0.203. The molecule has 0 saturated heterocycles. The molecule has 1 aromatic heterocycles. The second-order valence-corrected chi connectivity index (χ2v) is 3.92. The van der Waals surface area contributed by atoms with E-state index >= 15 is 0 Å². The van der Waals surface area contributed by atoms with E-state index in [0.717, 1.165) is 17.1 Å². The third-order valence-electron chi connectivity index (χ3n) is 2.41. The number of carboxylic acids is 1. The molecule has 0 aliphatic rings. The molecule has 104 valence electrons. The zero-order valence-electron chi connectivity index (χ0n) is 10.3. The zero-order valence-corrected chi connectivity index (χ0v) is 10.3. The van der Waals surface area contributed by atoms with Gasteiger partial charge in [-0.05, 0) is 6.42 Å². The predicted molar refractivity (Wildman–Crippen MR) is 63.4 cm³/mol. The number of carboxylic acid groups (broad SMARTS) is 1. The lowest BCUT2D eigenvalue weighted by molar-refractivity contribution is -0.385. The minimum absolute atomic E-state index is 0.165. The van der Waals surface area contributed by atoms with Crippen molar-refractivity contribution in [1.29, 1.82) is 0 Å². The van der Waals surface area contributed by atoms with Crippen molar-refractivity contribution in [2.75, 3.05) is 0 Å². The number of rotatable bonds is 7. The van der Waals surface area contributed by atoms with E-state index in [0.29, 0.717) is 6.42 Å². The fourth-order valence-corrected chi connectivity index (χ4v) is 1.46. The van der Waals surface area contributed by atoms with E-state index in [1.54, 1.807) is 6.92 Å². The molecule has 2 N–H and O–H groups in total. The highest BCUT2D eigenvalue weighted by atomic mass is 16.6. The van der Waals surface area contributed by atoms with Crippen molar-refractivity contribution >= 4 is 17.6 Å². The number of aliphatic carboxylic acids is 1. The molecule has 0 aliphatic carbocycles. The number of carbonyl (C=O) groups is 2. The van der Waals surface area contributed by atoms with Gasteiger partial charge in [0.15, 0.2) is 0 Å². The molecule has 0 radical (unpaired) electrons. The first-order valence-corrected chi connectivity index (χ1v) is 5.60. The Balaban J connectivity index is 2.53. The Bertz CT molecular complexity index is 484. The average Bonchev–Trinajstić information content (AvgIpc) is 2.75. The maximum absolute atomic E-state index is 11.6. The maximum atomic E-state index is 11.6. The average molecular weight is 270 g/mol. The summed E-state index contributed by atoms with van der Waals surface area (Å²) in [5.74, 6) is -1.44. The summed E-state index contributed by atoms with van der Waals surface area (Å²) in [7, 11) is 0. The molecular weight excluding hydrogens is 256 g/mol. The largest absolute Gasteiger partial charge is 0.481 e. The summed E-state index contributed by atoms with van der Waals surface area (Å²) in [6.07, 6.45) is 2.50. The van der Waals surface area contributed by atoms with Crippen molar-refractivity contribution in [3.63, 3.8) is 0 Å². The minimum atomic E-state index is -0.998. The lowest BCUT2D eigenvalue weighted by atomic mass is 10.1. The topological polar surface area (TPSA) is 127 Å². The highest BCUT2D eigenvalue weighted by Crippen LogP contribution is 2.07. The summed E-state index contributed by atoms with van der Waals surface area (Å²) in [4.78, 5) is 32.0. The fraction of sp³-hybridized carbons (Fsp3) is 0.500. The van der Waals surface area contributed by atoms with Gasteiger partial charge in [0.1, 0.15) is 18.9 Å². The first-order valence-electron chi connectivity index (χ1n) is 5.60. The standard InChI is InChI=1S/C10H14N4O5/c1-2-7(3-10(16)17)12-9(15)6-13-5-8(4-11-13)14(18)19/h4-5,7H,2-3,6H2,1H3,(H,12,15)(H,16,17). The molecule has 0 aromatic carbocycles. The summed E-state index contributed by atoms with van der Waals surface area (Å²) >= 11 is 0. The van der Waals surface area contributed by atoms with E-state index in [2.05, 4.69) is 10.4 Å². The lowest BCUT2D eigenvalue weighted by Gasteiger charge is -2.14. The fourth-order valence-electron chi connectivity index (χ4n) is 1.46. The van der Waals surface area contributed by atoms with Gasteiger partial charge in [0, 0.05) is 6.04 Å². The van der Waals surface area contributed by atoms with Gasteiger partial charge < -0.3 is 10.4 Å². The molecule has 0 saturated carbocycles. The number of nitrogens with zero attached hydrogens (tertiary/aromatic N) is 3. The quantitative estimate of drug-likeness (QED) is 0.536. The van der Waals surface area contributed by atoms with Gasteiger partial charge in [0.2, 0.25) is 5.91 Å². The van der Waals surface area contributed by atoms with Crippen LogP contribution in [0.3, 0.4) is 0 Å². The van der Waals surface area contributed by atoms with Gasteiger partial charge in [0.05, 0.1) is 11.3 Å². The van der Waals surface area contributed by atoms with E-state index in [1.165, 1.54) is 0 Å². The van der Waals surface area contributed by atoms with Crippen LogP contribution in [0.25, 0.3) is 0 Å². The van der Waals surface area contributed by atoms with Gasteiger partial charge in [-0.2, -0.15) is 5.10 Å². The summed E-state index contributed by atoms with van der Waals surface area (Å²) in [6, 6.07) is -0.462. The molecule has 1 aromatic rings. The second-order valence-electron chi connectivity index (χ2n) is 3.92. The number of aromatic nitrogens is 2. The Morgan fingerprint density at radius 1 is 1.63 bits per heavy atom. The van der Waals surface area contributed by atoms with Gasteiger partial charge in [-0.15, -0.1) is 0 Å². The third kappa shape index (κ3) is 4.74. The van der Waals surface area contributed by atoms with Crippen molar-refractivity contribution in [2.24, 2.45) is 0 Å². The normalized spacial score (nSPS) is 11.8. The Labute approximate surface area is 108 Å². The molecule has 0 bridgehead atoms. The first-order chi connectivity index (χ1) is 8.92. The van der Waals surface area contributed by atoms with Crippen LogP contribution in [0, 0.1) is 10.1 Å². The minimum Gasteiger partial charge on any atom is -0.481 e. The molecule has 0 spiro atoms. The molecule has 1 atom stereocenters. The van der Waals surface area contributed by atoms with Crippen LogP contribution in [0.15, 0.2) is 12.4 Å². The zero-order chi connectivity index (χ0) is 14.4. The maximum Gasteiger partial charge on any atom is 0.307 e. The molecule has 19 heavy (non-hydrogen) atoms. The Morgan fingerprint density at radius 3 is 2.79 bits per heavy atom. The highest BCUT2D eigenvalue weighted by molar-refractivity contribution is 5.77. The van der Waals surface area contributed by atoms with Crippen molar-refractivity contribution in [3.05, 3.63) is 22.5 Å². The van der Waals surface area contributed by atoms with Gasteiger partial charge in [0.25, 0.3) is 0 Å². The smallest absolute Gasteiger partial charge is 0.307 e. The van der Waals surface area contributed by atoms with Crippen molar-refractivity contribution in [3.8, 4) is 0 Å². The van der Waals surface area contributed by atoms with Crippen molar-refractivity contribution < 1.29 is 19.6 Å². The molecule has 0 fully saturated rings. The third-order valence-corrected chi connectivity index (χ3v) is 2.41. The Kier molecular flexibility index (Phi) is 4.98. The molecule has 9 heteroatoms. The van der Waals surface area contributed by atoms with E-state index in [1.807, 2.05) is 0 Å². The van der Waals surface area contributed by atoms with E-state index in [9.17, 15) is 19.7 Å². The van der Waals surface area contributed by atoms with Crippen LogP contribution in [0.5, 0.6) is 0 Å². The van der Waals surface area contributed by atoms with E-state index in [-0.39, 0.29) is 18.7 Å². The molecule has 1 heterocycles. The number of hydrogen-bond donors (Lipinski definition) is 2. The SMILES string of the molecule is CCC(CC(=O)O)NC(=O)Cn1cc([N+](=O)[O-])cn1. The Hall–Kier alpha value is -2.45. The molecule has 1 amide bonds. The van der Waals surface area contributed by atoms with Gasteiger partial charge in [-0.1, -0.05) is 6.92 Å². The first kappa shape index (κ1) is 14.6. The van der Waals surface area contributed by atoms with Crippen LogP contribution < -0.4 is 5.32 Å². The number of nitrogens with one attached hydrogen (secondary N) is 1. The van der Waals surface area contributed by atoms with Gasteiger partial charge in [-0.3, -0.25) is 24.4 Å².